The Hall–Kier alpha value is -2.80. The molecule has 0 saturated carbocycles. The quantitative estimate of drug-likeness (QED) is 0.909. The summed E-state index contributed by atoms with van der Waals surface area (Å²) in [5, 5.41) is 18.6. The van der Waals surface area contributed by atoms with E-state index in [1.165, 1.54) is 11.0 Å². The van der Waals surface area contributed by atoms with E-state index in [0.29, 0.717) is 11.3 Å². The van der Waals surface area contributed by atoms with Crippen molar-refractivity contribution in [3.05, 3.63) is 59.2 Å². The maximum Gasteiger partial charge on any atom is 0.261 e. The summed E-state index contributed by atoms with van der Waals surface area (Å²) in [6.07, 6.45) is 0. The molecule has 0 aromatic heterocycles. The predicted molar refractivity (Wildman–Crippen MR) is 76.7 cm³/mol. The van der Waals surface area contributed by atoms with E-state index in [1.54, 1.807) is 43.4 Å². The van der Waals surface area contributed by atoms with Crippen LogP contribution in [0.25, 0.3) is 0 Å². The van der Waals surface area contributed by atoms with Crippen molar-refractivity contribution in [2.45, 2.75) is 6.92 Å². The molecule has 1 amide bonds. The highest BCUT2D eigenvalue weighted by Gasteiger charge is 2.17. The molecule has 2 rings (SSSR count). The number of aromatic hydroxyl groups is 1. The predicted octanol–water partition coefficient (Wildman–Crippen LogP) is 2.85. The molecule has 0 heterocycles. The van der Waals surface area contributed by atoms with Gasteiger partial charge in [-0.3, -0.25) is 4.79 Å². The third-order valence-electron chi connectivity index (χ3n) is 3.07. The zero-order chi connectivity index (χ0) is 14.7. The Balaban J connectivity index is 2.32. The zero-order valence-electron chi connectivity index (χ0n) is 11.3. The number of rotatable bonds is 2. The number of carbonyl (C=O) groups excluding carboxylic acids is 1. The molecule has 0 aliphatic heterocycles. The van der Waals surface area contributed by atoms with Crippen molar-refractivity contribution >= 4 is 11.6 Å². The van der Waals surface area contributed by atoms with E-state index in [-0.39, 0.29) is 17.2 Å². The van der Waals surface area contributed by atoms with Gasteiger partial charge in [0, 0.05) is 12.7 Å². The summed E-state index contributed by atoms with van der Waals surface area (Å²) < 4.78 is 0. The molecule has 100 valence electrons. The summed E-state index contributed by atoms with van der Waals surface area (Å²) >= 11 is 0. The molecule has 4 nitrogen and oxygen atoms in total. The molecule has 4 heteroatoms. The molecule has 0 fully saturated rings. The molecular weight excluding hydrogens is 252 g/mol. The van der Waals surface area contributed by atoms with Gasteiger partial charge in [-0.2, -0.15) is 5.26 Å². The van der Waals surface area contributed by atoms with Gasteiger partial charge in [-0.1, -0.05) is 11.6 Å². The lowest BCUT2D eigenvalue weighted by atomic mass is 10.1. The Labute approximate surface area is 117 Å². The van der Waals surface area contributed by atoms with E-state index in [9.17, 15) is 9.90 Å². The topological polar surface area (TPSA) is 64.3 Å². The van der Waals surface area contributed by atoms with E-state index < -0.39 is 0 Å². The second kappa shape index (κ2) is 5.45. The van der Waals surface area contributed by atoms with Crippen LogP contribution in [-0.4, -0.2) is 18.1 Å². The number of amides is 1. The molecule has 2 aromatic rings. The van der Waals surface area contributed by atoms with Crippen LogP contribution in [0, 0.1) is 18.3 Å². The van der Waals surface area contributed by atoms with Crippen molar-refractivity contribution in [3.63, 3.8) is 0 Å². The molecule has 2 aromatic carbocycles. The number of aryl methyl sites for hydroxylation is 1. The monoisotopic (exact) mass is 266 g/mol. The fraction of sp³-hybridized carbons (Fsp3) is 0.125. The Morgan fingerprint density at radius 2 is 1.85 bits per heavy atom. The average molecular weight is 266 g/mol. The maximum absolute atomic E-state index is 12.4. The van der Waals surface area contributed by atoms with E-state index in [1.807, 2.05) is 13.0 Å². The molecule has 0 saturated heterocycles. The third-order valence-corrected chi connectivity index (χ3v) is 3.07. The number of phenolic OH excluding ortho intramolecular Hbond substituents is 1. The summed E-state index contributed by atoms with van der Waals surface area (Å²) in [5.74, 6) is -0.336. The molecular formula is C16H14N2O2. The normalized spacial score (nSPS) is 9.85. The van der Waals surface area contributed by atoms with E-state index >= 15 is 0 Å². The number of anilines is 1. The Morgan fingerprint density at radius 3 is 2.45 bits per heavy atom. The van der Waals surface area contributed by atoms with Crippen molar-refractivity contribution in [3.8, 4) is 11.8 Å². The Morgan fingerprint density at radius 1 is 1.20 bits per heavy atom. The van der Waals surface area contributed by atoms with Crippen molar-refractivity contribution in [1.29, 1.82) is 5.26 Å². The average Bonchev–Trinajstić information content (AvgIpc) is 2.48. The third kappa shape index (κ3) is 2.62. The number of hydrogen-bond donors (Lipinski definition) is 1. The summed E-state index contributed by atoms with van der Waals surface area (Å²) in [5.41, 5.74) is 2.36. The minimum Gasteiger partial charge on any atom is -0.507 e. The van der Waals surface area contributed by atoms with Gasteiger partial charge in [0.2, 0.25) is 0 Å². The molecule has 1 N–H and O–H groups in total. The summed E-state index contributed by atoms with van der Waals surface area (Å²) in [7, 11) is 1.63. The van der Waals surface area contributed by atoms with Crippen molar-refractivity contribution in [1.82, 2.24) is 0 Å². The number of hydrogen-bond acceptors (Lipinski definition) is 3. The van der Waals surface area contributed by atoms with E-state index in [4.69, 9.17) is 5.26 Å². The van der Waals surface area contributed by atoms with Crippen molar-refractivity contribution in [2.24, 2.45) is 0 Å². The van der Waals surface area contributed by atoms with Crippen molar-refractivity contribution in [2.75, 3.05) is 11.9 Å². The van der Waals surface area contributed by atoms with Gasteiger partial charge in [-0.25, -0.2) is 0 Å². The van der Waals surface area contributed by atoms with Crippen LogP contribution < -0.4 is 4.90 Å². The highest BCUT2D eigenvalue weighted by atomic mass is 16.3. The van der Waals surface area contributed by atoms with Crippen LogP contribution in [0.15, 0.2) is 42.5 Å². The summed E-state index contributed by atoms with van der Waals surface area (Å²) in [4.78, 5) is 13.8. The van der Waals surface area contributed by atoms with Crippen LogP contribution in [0.1, 0.15) is 21.5 Å². The van der Waals surface area contributed by atoms with Gasteiger partial charge in [0.1, 0.15) is 5.75 Å². The van der Waals surface area contributed by atoms with Gasteiger partial charge in [0.25, 0.3) is 5.91 Å². The fourth-order valence-corrected chi connectivity index (χ4v) is 1.88. The number of nitrogens with zero attached hydrogens (tertiary/aromatic N) is 2. The molecule has 0 aliphatic carbocycles. The summed E-state index contributed by atoms with van der Waals surface area (Å²) in [6.45, 7) is 1.86. The van der Waals surface area contributed by atoms with Gasteiger partial charge in [0.15, 0.2) is 0 Å². The van der Waals surface area contributed by atoms with Crippen LogP contribution >= 0.6 is 0 Å². The number of nitriles is 1. The maximum atomic E-state index is 12.4. The lowest BCUT2D eigenvalue weighted by Gasteiger charge is -2.18. The number of carbonyl (C=O) groups is 1. The SMILES string of the molecule is Cc1ccc(O)c(C(=O)N(C)c2ccc(C#N)cc2)c1. The van der Waals surface area contributed by atoms with Gasteiger partial charge in [-0.05, 0) is 43.3 Å². The Bertz CT molecular complexity index is 685. The van der Waals surface area contributed by atoms with Crippen molar-refractivity contribution < 1.29 is 9.90 Å². The molecule has 0 unspecified atom stereocenters. The van der Waals surface area contributed by atoms with Gasteiger partial charge in [-0.15, -0.1) is 0 Å². The first kappa shape index (κ1) is 13.6. The van der Waals surface area contributed by atoms with Gasteiger partial charge in [0.05, 0.1) is 17.2 Å². The minimum absolute atomic E-state index is 0.0407. The van der Waals surface area contributed by atoms with Crippen LogP contribution in [0.5, 0.6) is 5.75 Å². The fourth-order valence-electron chi connectivity index (χ4n) is 1.88. The van der Waals surface area contributed by atoms with Crippen LogP contribution in [0.3, 0.4) is 0 Å². The first-order chi connectivity index (χ1) is 9.52. The molecule has 0 atom stereocenters. The van der Waals surface area contributed by atoms with Crippen LogP contribution in [0.2, 0.25) is 0 Å². The minimum atomic E-state index is -0.295. The molecule has 0 radical (unpaired) electrons. The van der Waals surface area contributed by atoms with Gasteiger partial charge >= 0.3 is 0 Å². The first-order valence-corrected chi connectivity index (χ1v) is 6.11. The molecule has 0 spiro atoms. The Kier molecular flexibility index (Phi) is 3.72. The largest absolute Gasteiger partial charge is 0.507 e. The van der Waals surface area contributed by atoms with Crippen LogP contribution in [0.4, 0.5) is 5.69 Å². The zero-order valence-corrected chi connectivity index (χ0v) is 11.3. The number of phenols is 1. The van der Waals surface area contributed by atoms with Crippen LogP contribution in [-0.2, 0) is 0 Å². The number of benzene rings is 2. The standard InChI is InChI=1S/C16H14N2O2/c1-11-3-8-15(19)14(9-11)16(20)18(2)13-6-4-12(10-17)5-7-13/h3-9,19H,1-2H3. The molecule has 20 heavy (non-hydrogen) atoms. The highest BCUT2D eigenvalue weighted by molar-refractivity contribution is 6.07. The smallest absolute Gasteiger partial charge is 0.261 e. The van der Waals surface area contributed by atoms with E-state index in [2.05, 4.69) is 0 Å². The van der Waals surface area contributed by atoms with E-state index in [0.717, 1.165) is 5.56 Å². The highest BCUT2D eigenvalue weighted by Crippen LogP contribution is 2.22. The van der Waals surface area contributed by atoms with Gasteiger partial charge < -0.3 is 10.0 Å². The summed E-state index contributed by atoms with van der Waals surface area (Å²) in [6, 6.07) is 13.6. The lowest BCUT2D eigenvalue weighted by Crippen LogP contribution is -2.26. The lowest BCUT2D eigenvalue weighted by molar-refractivity contribution is 0.0990. The molecule has 0 aliphatic rings. The second-order valence-corrected chi connectivity index (χ2v) is 4.54. The molecule has 0 bridgehead atoms. The second-order valence-electron chi connectivity index (χ2n) is 4.54. The first-order valence-electron chi connectivity index (χ1n) is 6.11.